The van der Waals surface area contributed by atoms with E-state index in [2.05, 4.69) is 49.8 Å². The first-order valence-corrected chi connectivity index (χ1v) is 8.38. The molecule has 21 heavy (non-hydrogen) atoms. The van der Waals surface area contributed by atoms with Crippen molar-refractivity contribution in [3.8, 4) is 0 Å². The van der Waals surface area contributed by atoms with Crippen molar-refractivity contribution in [3.63, 3.8) is 0 Å². The second-order valence-electron chi connectivity index (χ2n) is 6.28. The zero-order valence-electron chi connectivity index (χ0n) is 13.0. The molecule has 0 amide bonds. The molecule has 3 rings (SSSR count). The Balaban J connectivity index is 1.76. The van der Waals surface area contributed by atoms with Crippen molar-refractivity contribution in [2.75, 3.05) is 13.2 Å². The lowest BCUT2D eigenvalue weighted by Crippen LogP contribution is -2.13. The van der Waals surface area contributed by atoms with E-state index < -0.39 is 0 Å². The molecule has 0 saturated heterocycles. The Kier molecular flexibility index (Phi) is 4.02. The molecule has 2 aliphatic rings. The summed E-state index contributed by atoms with van der Waals surface area (Å²) in [5, 5.41) is 0. The van der Waals surface area contributed by atoms with E-state index in [9.17, 15) is 0 Å². The highest BCUT2D eigenvalue weighted by Gasteiger charge is 2.26. The highest BCUT2D eigenvalue weighted by atomic mass is 32.1. The Morgan fingerprint density at radius 2 is 1.33 bits per heavy atom. The van der Waals surface area contributed by atoms with Crippen LogP contribution in [0.1, 0.15) is 37.4 Å². The van der Waals surface area contributed by atoms with Crippen LogP contribution in [-0.2, 0) is 9.47 Å². The lowest BCUT2D eigenvalue weighted by Gasteiger charge is -2.06. The smallest absolute Gasteiger partial charge is 0.226 e. The molecule has 0 unspecified atom stereocenters. The average molecular weight is 306 g/mol. The van der Waals surface area contributed by atoms with E-state index in [0.29, 0.717) is 25.0 Å². The van der Waals surface area contributed by atoms with Gasteiger partial charge in [0.15, 0.2) is 0 Å². The fraction of sp³-hybridized carbons (Fsp3) is 0.625. The number of hydrogen-bond acceptors (Lipinski definition) is 5. The average Bonchev–Trinajstić information content (AvgIpc) is 3.18. The number of nitrogens with zero attached hydrogens (tertiary/aromatic N) is 2. The molecule has 0 aliphatic carbocycles. The minimum atomic E-state index is 0.274. The molecule has 0 N–H and O–H groups in total. The summed E-state index contributed by atoms with van der Waals surface area (Å²) in [6, 6.07) is 4.65. The quantitative estimate of drug-likeness (QED) is 0.856. The molecule has 2 aliphatic heterocycles. The molecule has 0 fully saturated rings. The maximum atomic E-state index is 5.73. The molecule has 1 aromatic rings. The normalized spacial score (nSPS) is 25.0. The molecule has 114 valence electrons. The molecule has 0 aromatic carbocycles. The fourth-order valence-corrected chi connectivity index (χ4v) is 3.21. The summed E-state index contributed by atoms with van der Waals surface area (Å²) >= 11 is 1.64. The maximum Gasteiger partial charge on any atom is 0.226 e. The highest BCUT2D eigenvalue weighted by molar-refractivity contribution is 7.16. The van der Waals surface area contributed by atoms with Gasteiger partial charge < -0.3 is 9.47 Å². The second kappa shape index (κ2) is 5.79. The third-order valence-electron chi connectivity index (χ3n) is 3.91. The van der Waals surface area contributed by atoms with E-state index >= 15 is 0 Å². The first-order chi connectivity index (χ1) is 10.0. The Labute approximate surface area is 129 Å². The van der Waals surface area contributed by atoms with Crippen LogP contribution in [0.4, 0.5) is 0 Å². The van der Waals surface area contributed by atoms with Crippen molar-refractivity contribution in [2.45, 2.75) is 39.8 Å². The van der Waals surface area contributed by atoms with E-state index in [0.717, 1.165) is 21.5 Å². The maximum absolute atomic E-state index is 5.73. The van der Waals surface area contributed by atoms with Crippen LogP contribution < -0.4 is 0 Å². The molecule has 5 heteroatoms. The molecule has 0 saturated carbocycles. The van der Waals surface area contributed by atoms with Gasteiger partial charge in [-0.25, -0.2) is 9.98 Å². The van der Waals surface area contributed by atoms with Crippen LogP contribution in [0.15, 0.2) is 22.1 Å². The summed E-state index contributed by atoms with van der Waals surface area (Å²) < 4.78 is 11.5. The minimum Gasteiger partial charge on any atom is -0.475 e. The van der Waals surface area contributed by atoms with Gasteiger partial charge in [-0.1, -0.05) is 27.7 Å². The predicted molar refractivity (Wildman–Crippen MR) is 86.5 cm³/mol. The van der Waals surface area contributed by atoms with Gasteiger partial charge in [0.05, 0.1) is 21.8 Å². The van der Waals surface area contributed by atoms with Gasteiger partial charge in [0.1, 0.15) is 13.2 Å². The number of ether oxygens (including phenoxy) is 2. The zero-order chi connectivity index (χ0) is 15.0. The Morgan fingerprint density at radius 1 is 0.905 bits per heavy atom. The van der Waals surface area contributed by atoms with Gasteiger partial charge >= 0.3 is 0 Å². The SMILES string of the molecule is CC(C)[C@H]1COC(c2ccc(C3=N[C@@H](C(C)C)CO3)s2)=N1. The van der Waals surface area contributed by atoms with E-state index in [1.807, 2.05) is 0 Å². The molecule has 0 bridgehead atoms. The molecular weight excluding hydrogens is 284 g/mol. The molecule has 3 heterocycles. The Hall–Kier alpha value is -1.36. The van der Waals surface area contributed by atoms with E-state index in [1.165, 1.54) is 0 Å². The van der Waals surface area contributed by atoms with Crippen molar-refractivity contribution in [1.29, 1.82) is 0 Å². The van der Waals surface area contributed by atoms with Gasteiger partial charge in [-0.2, -0.15) is 0 Å². The number of hydrogen-bond donors (Lipinski definition) is 0. The van der Waals surface area contributed by atoms with Crippen LogP contribution >= 0.6 is 11.3 Å². The van der Waals surface area contributed by atoms with Gasteiger partial charge in [0, 0.05) is 0 Å². The lowest BCUT2D eigenvalue weighted by atomic mass is 10.1. The van der Waals surface area contributed by atoms with Crippen molar-refractivity contribution in [3.05, 3.63) is 21.9 Å². The van der Waals surface area contributed by atoms with E-state index in [-0.39, 0.29) is 12.1 Å². The van der Waals surface area contributed by atoms with Gasteiger partial charge in [-0.15, -0.1) is 11.3 Å². The third kappa shape index (κ3) is 2.98. The van der Waals surface area contributed by atoms with Gasteiger partial charge in [0.25, 0.3) is 0 Å². The molecular formula is C16H22N2O2S. The van der Waals surface area contributed by atoms with Crippen molar-refractivity contribution < 1.29 is 9.47 Å². The first-order valence-electron chi connectivity index (χ1n) is 7.56. The summed E-state index contributed by atoms with van der Waals surface area (Å²) in [6.07, 6.45) is 0. The van der Waals surface area contributed by atoms with Crippen LogP contribution in [0.3, 0.4) is 0 Å². The van der Waals surface area contributed by atoms with Crippen molar-refractivity contribution in [1.82, 2.24) is 0 Å². The molecule has 0 radical (unpaired) electrons. The van der Waals surface area contributed by atoms with Crippen LogP contribution in [0.5, 0.6) is 0 Å². The molecule has 4 nitrogen and oxygen atoms in total. The van der Waals surface area contributed by atoms with Crippen molar-refractivity contribution >= 4 is 23.1 Å². The zero-order valence-corrected chi connectivity index (χ0v) is 13.8. The lowest BCUT2D eigenvalue weighted by molar-refractivity contribution is 0.292. The Bertz CT molecular complexity index is 526. The highest BCUT2D eigenvalue weighted by Crippen LogP contribution is 2.26. The van der Waals surface area contributed by atoms with E-state index in [1.54, 1.807) is 11.3 Å². The largest absolute Gasteiger partial charge is 0.475 e. The minimum absolute atomic E-state index is 0.274. The third-order valence-corrected chi connectivity index (χ3v) is 4.98. The first kappa shape index (κ1) is 14.6. The van der Waals surface area contributed by atoms with Crippen LogP contribution in [0.25, 0.3) is 0 Å². The summed E-state index contributed by atoms with van der Waals surface area (Å²) in [5.41, 5.74) is 0. The molecule has 2 atom stereocenters. The summed E-state index contributed by atoms with van der Waals surface area (Å²) in [5.74, 6) is 2.56. The van der Waals surface area contributed by atoms with Crippen molar-refractivity contribution in [2.24, 2.45) is 21.8 Å². The predicted octanol–water partition coefficient (Wildman–Crippen LogP) is 3.35. The fourth-order valence-electron chi connectivity index (χ4n) is 2.30. The van der Waals surface area contributed by atoms with Crippen LogP contribution in [0, 0.1) is 11.8 Å². The summed E-state index contributed by atoms with van der Waals surface area (Å²) in [6.45, 7) is 10.1. The van der Waals surface area contributed by atoms with Crippen LogP contribution in [-0.4, -0.2) is 37.1 Å². The topological polar surface area (TPSA) is 43.2 Å². The number of aliphatic imine (C=N–C) groups is 2. The monoisotopic (exact) mass is 306 g/mol. The standard InChI is InChI=1S/C16H22N2O2S/c1-9(2)11-7-19-15(17-11)13-5-6-14(21-13)16-18-12(8-20-16)10(3)4/h5-6,9-12H,7-8H2,1-4H3/t11-,12-/m1/s1. The van der Waals surface area contributed by atoms with Gasteiger partial charge in [-0.3, -0.25) is 0 Å². The molecule has 0 spiro atoms. The number of rotatable bonds is 4. The van der Waals surface area contributed by atoms with Gasteiger partial charge in [-0.05, 0) is 24.0 Å². The number of thiophene rings is 1. The Morgan fingerprint density at radius 3 is 1.67 bits per heavy atom. The van der Waals surface area contributed by atoms with Gasteiger partial charge in [0.2, 0.25) is 11.8 Å². The summed E-state index contributed by atoms with van der Waals surface area (Å²) in [4.78, 5) is 11.5. The second-order valence-corrected chi connectivity index (χ2v) is 7.36. The summed E-state index contributed by atoms with van der Waals surface area (Å²) in [7, 11) is 0. The molecule has 1 aromatic heterocycles. The van der Waals surface area contributed by atoms with E-state index in [4.69, 9.17) is 9.47 Å². The van der Waals surface area contributed by atoms with Crippen LogP contribution in [0.2, 0.25) is 0 Å².